The molecule has 0 aromatic heterocycles. The topological polar surface area (TPSA) is 60.4 Å². The Balaban J connectivity index is 1.80. The Labute approximate surface area is 164 Å². The lowest BCUT2D eigenvalue weighted by molar-refractivity contribution is -0.142. The molecule has 2 rings (SSSR count). The molecular weight excluding hydrogens is 364 g/mol. The highest BCUT2D eigenvalue weighted by atomic mass is 35.5. The Kier molecular flexibility index (Phi) is 6.92. The first-order valence-corrected chi connectivity index (χ1v) is 9.13. The SMILES string of the molecule is CC(C)(C)c1ccc(C(=O)COC(=O)CCC(=O)c2ccc(Cl)cc2)cc1. The number of ether oxygens (including phenoxy) is 1. The Morgan fingerprint density at radius 1 is 0.815 bits per heavy atom. The number of halogens is 1. The Bertz CT molecular complexity index is 815. The van der Waals surface area contributed by atoms with Crippen LogP contribution in [0.4, 0.5) is 0 Å². The van der Waals surface area contributed by atoms with Gasteiger partial charge in [-0.05, 0) is 35.2 Å². The predicted molar refractivity (Wildman–Crippen MR) is 105 cm³/mol. The third-order valence-corrected chi connectivity index (χ3v) is 4.41. The van der Waals surface area contributed by atoms with Crippen LogP contribution in [0.3, 0.4) is 0 Å². The summed E-state index contributed by atoms with van der Waals surface area (Å²) in [6.45, 7) is 5.95. The summed E-state index contributed by atoms with van der Waals surface area (Å²) in [6.07, 6.45) is -0.0490. The monoisotopic (exact) mass is 386 g/mol. The van der Waals surface area contributed by atoms with E-state index in [9.17, 15) is 14.4 Å². The molecule has 27 heavy (non-hydrogen) atoms. The number of carbonyl (C=O) groups excluding carboxylic acids is 3. The predicted octanol–water partition coefficient (Wildman–Crippen LogP) is 5.03. The van der Waals surface area contributed by atoms with Crippen molar-refractivity contribution >= 4 is 29.1 Å². The van der Waals surface area contributed by atoms with Crippen molar-refractivity contribution in [3.8, 4) is 0 Å². The van der Waals surface area contributed by atoms with Gasteiger partial charge in [0.05, 0.1) is 6.42 Å². The third kappa shape index (κ3) is 6.33. The van der Waals surface area contributed by atoms with E-state index in [1.54, 1.807) is 36.4 Å². The number of esters is 1. The molecule has 0 unspecified atom stereocenters. The fourth-order valence-electron chi connectivity index (χ4n) is 2.45. The van der Waals surface area contributed by atoms with Crippen LogP contribution in [-0.2, 0) is 14.9 Å². The van der Waals surface area contributed by atoms with Crippen LogP contribution >= 0.6 is 11.6 Å². The van der Waals surface area contributed by atoms with Gasteiger partial charge in [0, 0.05) is 22.6 Å². The van der Waals surface area contributed by atoms with Gasteiger partial charge >= 0.3 is 5.97 Å². The van der Waals surface area contributed by atoms with Crippen LogP contribution in [-0.4, -0.2) is 24.1 Å². The second-order valence-corrected chi connectivity index (χ2v) is 7.78. The molecule has 0 aliphatic carbocycles. The highest BCUT2D eigenvalue weighted by molar-refractivity contribution is 6.30. The summed E-state index contributed by atoms with van der Waals surface area (Å²) in [5.41, 5.74) is 2.11. The number of Topliss-reactive ketones (excluding diaryl/α,β-unsaturated/α-hetero) is 2. The summed E-state index contributed by atoms with van der Waals surface area (Å²) in [5, 5.41) is 0.542. The molecule has 0 fully saturated rings. The lowest BCUT2D eigenvalue weighted by Crippen LogP contribution is -2.16. The van der Waals surface area contributed by atoms with Crippen molar-refractivity contribution in [2.75, 3.05) is 6.61 Å². The summed E-state index contributed by atoms with van der Waals surface area (Å²) in [6, 6.07) is 13.7. The zero-order valence-corrected chi connectivity index (χ0v) is 16.5. The first-order valence-electron chi connectivity index (χ1n) is 8.75. The first-order chi connectivity index (χ1) is 12.7. The second-order valence-electron chi connectivity index (χ2n) is 7.34. The van der Waals surface area contributed by atoms with Gasteiger partial charge in [-0.3, -0.25) is 14.4 Å². The largest absolute Gasteiger partial charge is 0.457 e. The van der Waals surface area contributed by atoms with E-state index in [1.807, 2.05) is 12.1 Å². The maximum absolute atomic E-state index is 12.1. The highest BCUT2D eigenvalue weighted by Crippen LogP contribution is 2.22. The van der Waals surface area contributed by atoms with E-state index >= 15 is 0 Å². The van der Waals surface area contributed by atoms with Crippen molar-refractivity contribution in [3.63, 3.8) is 0 Å². The number of benzene rings is 2. The van der Waals surface area contributed by atoms with Crippen molar-refractivity contribution < 1.29 is 19.1 Å². The minimum Gasteiger partial charge on any atom is -0.457 e. The maximum atomic E-state index is 12.1. The van der Waals surface area contributed by atoms with E-state index in [-0.39, 0.29) is 36.4 Å². The molecule has 0 spiro atoms. The molecule has 0 saturated carbocycles. The molecule has 0 heterocycles. The summed E-state index contributed by atoms with van der Waals surface area (Å²) in [5.74, 6) is -1.02. The van der Waals surface area contributed by atoms with Gasteiger partial charge in [-0.2, -0.15) is 0 Å². The number of rotatable bonds is 7. The van der Waals surface area contributed by atoms with Crippen LogP contribution in [0.2, 0.25) is 5.02 Å². The van der Waals surface area contributed by atoms with E-state index in [4.69, 9.17) is 16.3 Å². The van der Waals surface area contributed by atoms with Gasteiger partial charge in [0.1, 0.15) is 0 Å². The van der Waals surface area contributed by atoms with Gasteiger partial charge in [-0.15, -0.1) is 0 Å². The van der Waals surface area contributed by atoms with Gasteiger partial charge in [-0.1, -0.05) is 56.6 Å². The third-order valence-electron chi connectivity index (χ3n) is 4.16. The number of carbonyl (C=O) groups is 3. The van der Waals surface area contributed by atoms with Crippen LogP contribution in [0, 0.1) is 0 Å². The van der Waals surface area contributed by atoms with Gasteiger partial charge in [-0.25, -0.2) is 0 Å². The standard InChI is InChI=1S/C22H23ClO4/c1-22(2,3)17-8-4-16(5-9-17)20(25)14-27-21(26)13-12-19(24)15-6-10-18(23)11-7-15/h4-11H,12-14H2,1-3H3. The summed E-state index contributed by atoms with van der Waals surface area (Å²) < 4.78 is 5.00. The average Bonchev–Trinajstić information content (AvgIpc) is 2.64. The fraction of sp³-hybridized carbons (Fsp3) is 0.318. The fourth-order valence-corrected chi connectivity index (χ4v) is 2.58. The lowest BCUT2D eigenvalue weighted by atomic mass is 9.86. The van der Waals surface area contributed by atoms with E-state index < -0.39 is 5.97 Å². The molecule has 0 N–H and O–H groups in total. The van der Waals surface area contributed by atoms with Crippen LogP contribution < -0.4 is 0 Å². The van der Waals surface area contributed by atoms with Gasteiger partial charge < -0.3 is 4.74 Å². The molecule has 0 bridgehead atoms. The molecule has 0 atom stereocenters. The van der Waals surface area contributed by atoms with Crippen molar-refractivity contribution in [2.45, 2.75) is 39.0 Å². The zero-order chi connectivity index (χ0) is 20.0. The van der Waals surface area contributed by atoms with Gasteiger partial charge in [0.15, 0.2) is 18.2 Å². The van der Waals surface area contributed by atoms with Crippen LogP contribution in [0.25, 0.3) is 0 Å². The summed E-state index contributed by atoms with van der Waals surface area (Å²) >= 11 is 5.78. The maximum Gasteiger partial charge on any atom is 0.306 e. The summed E-state index contributed by atoms with van der Waals surface area (Å²) in [4.78, 5) is 36.0. The molecule has 2 aromatic carbocycles. The van der Waals surface area contributed by atoms with Crippen LogP contribution in [0.1, 0.15) is 59.9 Å². The first kappa shape index (κ1) is 20.8. The second kappa shape index (κ2) is 8.96. The lowest BCUT2D eigenvalue weighted by Gasteiger charge is -2.18. The molecule has 0 aliphatic rings. The van der Waals surface area contributed by atoms with Gasteiger partial charge in [0.2, 0.25) is 0 Å². The molecule has 0 radical (unpaired) electrons. The van der Waals surface area contributed by atoms with Gasteiger partial charge in [0.25, 0.3) is 0 Å². The van der Waals surface area contributed by atoms with E-state index in [1.165, 1.54) is 0 Å². The minimum atomic E-state index is -0.572. The van der Waals surface area contributed by atoms with E-state index in [2.05, 4.69) is 20.8 Å². The molecule has 4 nitrogen and oxygen atoms in total. The van der Waals surface area contributed by atoms with E-state index in [0.717, 1.165) is 5.56 Å². The molecule has 0 amide bonds. The normalized spacial score (nSPS) is 11.1. The van der Waals surface area contributed by atoms with E-state index in [0.29, 0.717) is 16.1 Å². The molecular formula is C22H23ClO4. The Morgan fingerprint density at radius 3 is 1.89 bits per heavy atom. The molecule has 5 heteroatoms. The minimum absolute atomic E-state index is 0.00463. The van der Waals surface area contributed by atoms with Crippen LogP contribution in [0.15, 0.2) is 48.5 Å². The highest BCUT2D eigenvalue weighted by Gasteiger charge is 2.16. The Morgan fingerprint density at radius 2 is 1.33 bits per heavy atom. The smallest absolute Gasteiger partial charge is 0.306 e. The Hall–Kier alpha value is -2.46. The zero-order valence-electron chi connectivity index (χ0n) is 15.8. The van der Waals surface area contributed by atoms with Crippen molar-refractivity contribution in [2.24, 2.45) is 0 Å². The number of hydrogen-bond donors (Lipinski definition) is 0. The average molecular weight is 387 g/mol. The van der Waals surface area contributed by atoms with Crippen molar-refractivity contribution in [3.05, 3.63) is 70.2 Å². The van der Waals surface area contributed by atoms with Crippen LogP contribution in [0.5, 0.6) is 0 Å². The van der Waals surface area contributed by atoms with Crippen molar-refractivity contribution in [1.29, 1.82) is 0 Å². The number of hydrogen-bond acceptors (Lipinski definition) is 4. The molecule has 0 aliphatic heterocycles. The molecule has 0 saturated heterocycles. The number of ketones is 2. The molecule has 2 aromatic rings. The van der Waals surface area contributed by atoms with Crippen molar-refractivity contribution in [1.82, 2.24) is 0 Å². The molecule has 142 valence electrons. The summed E-state index contributed by atoms with van der Waals surface area (Å²) in [7, 11) is 0. The quantitative estimate of drug-likeness (QED) is 0.494.